The number of hydrogen-bond donors (Lipinski definition) is 3. The van der Waals surface area contributed by atoms with Gasteiger partial charge in [-0.25, -0.2) is 28.8 Å². The van der Waals surface area contributed by atoms with Crippen LogP contribution < -0.4 is 11.1 Å². The molecule has 4 N–H and O–H groups in total. The largest absolute Gasteiger partial charge is 0.477 e. The summed E-state index contributed by atoms with van der Waals surface area (Å²) < 4.78 is 82.2. The molecule has 0 spiro atoms. The maximum Gasteiger partial charge on any atom is 0.417 e. The first kappa shape index (κ1) is 40.9. The molecule has 6 aromatic heterocycles. The summed E-state index contributed by atoms with van der Waals surface area (Å²) in [6.07, 6.45) is -2.96. The number of anilines is 2. The van der Waals surface area contributed by atoms with Crippen LogP contribution in [0.2, 0.25) is 0 Å². The molecule has 0 radical (unpaired) electrons. The zero-order valence-electron chi connectivity index (χ0n) is 30.7. The summed E-state index contributed by atoms with van der Waals surface area (Å²) in [6, 6.07) is 23.1. The van der Waals surface area contributed by atoms with E-state index in [4.69, 9.17) is 10.8 Å². The van der Waals surface area contributed by atoms with Gasteiger partial charge in [-0.1, -0.05) is 48.5 Å². The highest BCUT2D eigenvalue weighted by atomic mass is 19.4. The summed E-state index contributed by atoms with van der Waals surface area (Å²) in [6.45, 7) is 3.39. The lowest BCUT2D eigenvalue weighted by molar-refractivity contribution is -0.137. The van der Waals surface area contributed by atoms with Gasteiger partial charge in [0.1, 0.15) is 22.8 Å². The van der Waals surface area contributed by atoms with Gasteiger partial charge in [0.2, 0.25) is 0 Å². The topological polar surface area (TPSA) is 179 Å². The molecule has 2 aromatic carbocycles. The molecule has 0 saturated carbocycles. The van der Waals surface area contributed by atoms with Crippen molar-refractivity contribution in [1.82, 2.24) is 39.2 Å². The van der Waals surface area contributed by atoms with E-state index in [1.54, 1.807) is 56.4 Å². The Kier molecular flexibility index (Phi) is 11.7. The molecule has 0 aliphatic heterocycles. The zero-order chi connectivity index (χ0) is 42.5. The van der Waals surface area contributed by atoms with Crippen LogP contribution >= 0.6 is 0 Å². The molecule has 0 aliphatic rings. The van der Waals surface area contributed by atoms with Crippen molar-refractivity contribution in [2.45, 2.75) is 26.2 Å². The average Bonchev–Trinajstić information content (AvgIpc) is 3.70. The quantitative estimate of drug-likeness (QED) is 0.143. The molecule has 0 aliphatic carbocycles. The zero-order valence-corrected chi connectivity index (χ0v) is 30.7. The van der Waals surface area contributed by atoms with Crippen molar-refractivity contribution in [2.24, 2.45) is 0 Å². The molecule has 8 aromatic rings. The summed E-state index contributed by atoms with van der Waals surface area (Å²) in [4.78, 5) is 38.7. The van der Waals surface area contributed by atoms with Gasteiger partial charge >= 0.3 is 18.3 Å². The molecular weight excluding hydrogens is 782 g/mol. The molecule has 0 atom stereocenters. The summed E-state index contributed by atoms with van der Waals surface area (Å²) in [5.74, 6) is -1.46. The first-order valence-electron chi connectivity index (χ1n) is 17.2. The molecular formula is C40H30F6N10O3. The standard InChI is InChI=1S/C20H14F3N5O.C14H11F3N4.C6H5NO2/c1-12-17(26-19(29)16-8-4-5-10-24-16)18-25-15(9-11-28(18)27-12)13-6-2-3-7-14(13)20(21,22)23;1-8-12(18)13-19-11(6-7-21(13)20-8)9-4-2-3-5-10(9)14(15,16)17;8-6(9)5-3-1-2-4-7-5/h2-11H,1H3,(H,26,29);2-7H,18H2,1H3;1-4H,(H,8,9). The number of nitrogen functional groups attached to an aromatic ring is 1. The number of amides is 1. The summed E-state index contributed by atoms with van der Waals surface area (Å²) >= 11 is 0. The van der Waals surface area contributed by atoms with Crippen LogP contribution in [0, 0.1) is 13.8 Å². The highest BCUT2D eigenvalue weighted by Gasteiger charge is 2.35. The molecule has 0 fully saturated rings. The minimum atomic E-state index is -4.52. The third-order valence-corrected chi connectivity index (χ3v) is 8.40. The van der Waals surface area contributed by atoms with E-state index in [-0.39, 0.29) is 39.5 Å². The number of alkyl halides is 6. The minimum absolute atomic E-state index is 0.0192. The van der Waals surface area contributed by atoms with Crippen LogP contribution in [0.5, 0.6) is 0 Å². The number of pyridine rings is 2. The number of aromatic carboxylic acids is 1. The predicted molar refractivity (Wildman–Crippen MR) is 204 cm³/mol. The Bertz CT molecular complexity index is 2770. The number of hydrogen-bond acceptors (Lipinski definition) is 9. The van der Waals surface area contributed by atoms with Crippen LogP contribution in [-0.2, 0) is 12.4 Å². The molecule has 13 nitrogen and oxygen atoms in total. The second-order valence-corrected chi connectivity index (χ2v) is 12.4. The van der Waals surface area contributed by atoms with E-state index >= 15 is 0 Å². The van der Waals surface area contributed by atoms with Crippen molar-refractivity contribution in [2.75, 3.05) is 11.1 Å². The van der Waals surface area contributed by atoms with E-state index in [2.05, 4.69) is 35.5 Å². The number of rotatable bonds is 5. The normalized spacial score (nSPS) is 11.3. The van der Waals surface area contributed by atoms with Crippen LogP contribution in [0.25, 0.3) is 33.8 Å². The Hall–Kier alpha value is -7.70. The van der Waals surface area contributed by atoms with Crippen LogP contribution in [0.3, 0.4) is 0 Å². The average molecular weight is 813 g/mol. The molecule has 0 bridgehead atoms. The lowest BCUT2D eigenvalue weighted by Crippen LogP contribution is -2.14. The number of halogens is 6. The van der Waals surface area contributed by atoms with Crippen molar-refractivity contribution in [1.29, 1.82) is 0 Å². The minimum Gasteiger partial charge on any atom is -0.477 e. The van der Waals surface area contributed by atoms with Gasteiger partial charge in [0, 0.05) is 35.9 Å². The van der Waals surface area contributed by atoms with Gasteiger partial charge in [-0.2, -0.15) is 36.5 Å². The van der Waals surface area contributed by atoms with Gasteiger partial charge < -0.3 is 16.2 Å². The number of fused-ring (bicyclic) bond motifs is 2. The fourth-order valence-corrected chi connectivity index (χ4v) is 5.61. The van der Waals surface area contributed by atoms with Crippen LogP contribution in [0.1, 0.15) is 43.5 Å². The predicted octanol–water partition coefficient (Wildman–Crippen LogP) is 8.46. The number of carboxylic acid groups (broad SMARTS) is 1. The molecule has 19 heteroatoms. The molecule has 0 unspecified atom stereocenters. The van der Waals surface area contributed by atoms with Crippen molar-refractivity contribution >= 4 is 34.5 Å². The molecule has 300 valence electrons. The van der Waals surface area contributed by atoms with Crippen LogP contribution in [-0.4, -0.2) is 56.1 Å². The first-order chi connectivity index (χ1) is 28.0. The lowest BCUT2D eigenvalue weighted by atomic mass is 10.0. The van der Waals surface area contributed by atoms with E-state index < -0.39 is 35.4 Å². The Morgan fingerprint density at radius 3 is 1.56 bits per heavy atom. The van der Waals surface area contributed by atoms with Gasteiger partial charge in [0.25, 0.3) is 5.91 Å². The summed E-state index contributed by atoms with van der Waals surface area (Å²) in [5, 5.41) is 19.4. The SMILES string of the molecule is Cc1nn2ccc(-c3ccccc3C(F)(F)F)nc2c1N.Cc1nn2ccc(-c3ccccc3C(F)(F)F)nc2c1NC(=O)c1ccccn1.O=C(O)c1ccccn1. The number of aryl methyl sites for hydroxylation is 2. The maximum atomic E-state index is 13.4. The number of benzene rings is 2. The molecule has 8 rings (SSSR count). The molecule has 6 heterocycles. The Morgan fingerprint density at radius 1 is 0.627 bits per heavy atom. The number of nitrogens with zero attached hydrogens (tertiary/aromatic N) is 8. The van der Waals surface area contributed by atoms with Gasteiger partial charge in [0.05, 0.1) is 33.9 Å². The number of carbonyl (C=O) groups excluding carboxylic acids is 1. The smallest absolute Gasteiger partial charge is 0.417 e. The summed E-state index contributed by atoms with van der Waals surface area (Å²) in [7, 11) is 0. The monoisotopic (exact) mass is 812 g/mol. The third kappa shape index (κ3) is 9.30. The van der Waals surface area contributed by atoms with E-state index in [0.717, 1.165) is 12.1 Å². The van der Waals surface area contributed by atoms with Crippen LogP contribution in [0.15, 0.2) is 122 Å². The Labute approximate surface area is 329 Å². The lowest BCUT2D eigenvalue weighted by Gasteiger charge is -2.12. The van der Waals surface area contributed by atoms with E-state index in [9.17, 15) is 35.9 Å². The van der Waals surface area contributed by atoms with Gasteiger partial charge in [-0.3, -0.25) is 9.78 Å². The number of nitrogens with two attached hydrogens (primary N) is 1. The van der Waals surface area contributed by atoms with Gasteiger partial charge in [-0.05, 0) is 62.4 Å². The number of aromatic nitrogens is 8. The second kappa shape index (κ2) is 16.8. The number of carboxylic acids is 1. The second-order valence-electron chi connectivity index (χ2n) is 12.4. The highest BCUT2D eigenvalue weighted by molar-refractivity contribution is 6.05. The number of carbonyl (C=O) groups is 2. The molecule has 1 amide bonds. The first-order valence-corrected chi connectivity index (χ1v) is 17.2. The van der Waals surface area contributed by atoms with E-state index in [1.165, 1.54) is 76.2 Å². The van der Waals surface area contributed by atoms with Gasteiger partial charge in [-0.15, -0.1) is 0 Å². The Balaban J connectivity index is 0.000000169. The van der Waals surface area contributed by atoms with Crippen molar-refractivity contribution in [3.8, 4) is 22.5 Å². The molecule has 59 heavy (non-hydrogen) atoms. The van der Waals surface area contributed by atoms with Crippen molar-refractivity contribution < 1.29 is 41.0 Å². The van der Waals surface area contributed by atoms with Crippen molar-refractivity contribution in [3.63, 3.8) is 0 Å². The Morgan fingerprint density at radius 2 is 1.08 bits per heavy atom. The number of nitrogens with one attached hydrogen (secondary N) is 1. The fraction of sp³-hybridized carbons (Fsp3) is 0.100. The summed E-state index contributed by atoms with van der Waals surface area (Å²) in [5.41, 5.74) is 7.23. The fourth-order valence-electron chi connectivity index (χ4n) is 5.61. The van der Waals surface area contributed by atoms with E-state index in [1.807, 2.05) is 0 Å². The van der Waals surface area contributed by atoms with Crippen LogP contribution in [0.4, 0.5) is 37.7 Å². The third-order valence-electron chi connectivity index (χ3n) is 8.40. The highest BCUT2D eigenvalue weighted by Crippen LogP contribution is 2.38. The van der Waals surface area contributed by atoms with Gasteiger partial charge in [0.15, 0.2) is 11.3 Å². The maximum absolute atomic E-state index is 13.4. The van der Waals surface area contributed by atoms with Crippen molar-refractivity contribution in [3.05, 3.63) is 156 Å². The van der Waals surface area contributed by atoms with E-state index in [0.29, 0.717) is 28.4 Å². The molecule has 0 saturated heterocycles.